The number of hydrogen-bond donors (Lipinski definition) is 2. The summed E-state index contributed by atoms with van der Waals surface area (Å²) >= 11 is 0. The van der Waals surface area contributed by atoms with Crippen molar-refractivity contribution in [2.24, 2.45) is 5.92 Å². The largest absolute Gasteiger partial charge is 0.464 e. The lowest BCUT2D eigenvalue weighted by Crippen LogP contribution is -2.32. The Kier molecular flexibility index (Phi) is 6.24. The van der Waals surface area contributed by atoms with Gasteiger partial charge in [0.25, 0.3) is 11.5 Å². The molecule has 1 saturated heterocycles. The molecule has 2 atom stereocenters. The second-order valence-corrected chi connectivity index (χ2v) is 9.51. The maximum atomic E-state index is 14.1. The number of carbonyl (C=O) groups is 2. The zero-order chi connectivity index (χ0) is 27.8. The second-order valence-electron chi connectivity index (χ2n) is 9.51. The number of rotatable bonds is 4. The average Bonchev–Trinajstić information content (AvgIpc) is 3.53. The first-order valence-electron chi connectivity index (χ1n) is 12.7. The molecule has 3 aromatic heterocycles. The van der Waals surface area contributed by atoms with E-state index in [1.54, 1.807) is 36.0 Å². The molecule has 0 bridgehead atoms. The Hall–Kier alpha value is -5.43. The van der Waals surface area contributed by atoms with Gasteiger partial charge in [-0.25, -0.2) is 9.50 Å². The zero-order valence-electron chi connectivity index (χ0n) is 21.5. The molecule has 198 valence electrons. The fraction of sp³-hybridized carbons (Fsp3) is 0.167. The van der Waals surface area contributed by atoms with Crippen molar-refractivity contribution >= 4 is 34.1 Å². The molecule has 10 heteroatoms. The predicted octanol–water partition coefficient (Wildman–Crippen LogP) is 3.02. The molecule has 1 unspecified atom stereocenters. The number of fused-ring (bicyclic) bond motifs is 2. The summed E-state index contributed by atoms with van der Waals surface area (Å²) in [4.78, 5) is 43.2. The number of pyridine rings is 1. The van der Waals surface area contributed by atoms with Gasteiger partial charge in [-0.15, -0.1) is 5.10 Å². The van der Waals surface area contributed by atoms with Crippen LogP contribution >= 0.6 is 0 Å². The number of ether oxygens (including phenoxy) is 1. The van der Waals surface area contributed by atoms with Crippen molar-refractivity contribution in [2.45, 2.75) is 19.4 Å². The molecule has 6 rings (SSSR count). The first-order valence-corrected chi connectivity index (χ1v) is 12.7. The Morgan fingerprint density at radius 1 is 1.15 bits per heavy atom. The molecule has 4 heterocycles. The molecule has 3 N–H and O–H groups in total. The summed E-state index contributed by atoms with van der Waals surface area (Å²) in [6.07, 6.45) is 3.46. The molecule has 40 heavy (non-hydrogen) atoms. The highest BCUT2D eigenvalue weighted by Crippen LogP contribution is 2.25. The monoisotopic (exact) mass is 532 g/mol. The summed E-state index contributed by atoms with van der Waals surface area (Å²) < 4.78 is 8.04. The number of para-hydroxylation sites is 1. The number of nitrogens with two attached hydrogens (primary N) is 1. The van der Waals surface area contributed by atoms with Gasteiger partial charge in [-0.05, 0) is 42.6 Å². The van der Waals surface area contributed by atoms with Crippen LogP contribution < -0.4 is 16.6 Å². The van der Waals surface area contributed by atoms with Crippen LogP contribution in [-0.2, 0) is 9.53 Å². The van der Waals surface area contributed by atoms with Gasteiger partial charge in [0, 0.05) is 29.3 Å². The maximum Gasteiger partial charge on any atom is 0.307 e. The Morgan fingerprint density at radius 3 is 2.75 bits per heavy atom. The highest BCUT2D eigenvalue weighted by molar-refractivity contribution is 6.04. The smallest absolute Gasteiger partial charge is 0.307 e. The van der Waals surface area contributed by atoms with Crippen molar-refractivity contribution in [3.63, 3.8) is 0 Å². The van der Waals surface area contributed by atoms with Crippen LogP contribution in [0, 0.1) is 17.8 Å². The minimum atomic E-state index is -0.598. The molecule has 0 radical (unpaired) electrons. The van der Waals surface area contributed by atoms with Gasteiger partial charge < -0.3 is 15.8 Å². The number of nitrogens with zero attached hydrogens (tertiary/aromatic N) is 4. The molecule has 1 amide bonds. The molecule has 2 aromatic carbocycles. The van der Waals surface area contributed by atoms with E-state index >= 15 is 0 Å². The molecule has 0 aliphatic carbocycles. The van der Waals surface area contributed by atoms with Crippen molar-refractivity contribution in [3.05, 3.63) is 100 Å². The van der Waals surface area contributed by atoms with Gasteiger partial charge in [0.2, 0.25) is 0 Å². The van der Waals surface area contributed by atoms with Crippen LogP contribution in [0.1, 0.15) is 41.0 Å². The molecular formula is C30H24N6O4. The third-order valence-corrected chi connectivity index (χ3v) is 6.80. The fourth-order valence-corrected chi connectivity index (χ4v) is 4.90. The summed E-state index contributed by atoms with van der Waals surface area (Å²) in [6, 6.07) is 17.6. The zero-order valence-corrected chi connectivity index (χ0v) is 21.5. The minimum Gasteiger partial charge on any atom is -0.464 e. The normalized spacial score (nSPS) is 15.4. The standard InChI is InChI=1S/C30H24N6O4/c1-18(33-29(38)26-27(31)34-35-14-6-13-32-28(26)35)23-16-21-8-5-7-20(12-11-19-15-24(37)40-17-19)25(21)30(39)36(23)22-9-3-2-4-10-22/h2-10,13-14,16,18-19H,15,17H2,1H3,(H2,31,34)(H,33,38)/t18-,19?/m0/s1. The van der Waals surface area contributed by atoms with E-state index in [-0.39, 0.29) is 41.9 Å². The number of esters is 1. The Balaban J connectivity index is 1.45. The number of hydrogen-bond acceptors (Lipinski definition) is 7. The molecule has 1 aliphatic heterocycles. The number of anilines is 1. The van der Waals surface area contributed by atoms with Crippen LogP contribution in [0.5, 0.6) is 0 Å². The number of aromatic nitrogens is 4. The van der Waals surface area contributed by atoms with Crippen molar-refractivity contribution in [2.75, 3.05) is 12.3 Å². The van der Waals surface area contributed by atoms with Crippen LogP contribution in [0.3, 0.4) is 0 Å². The highest BCUT2D eigenvalue weighted by atomic mass is 16.5. The van der Waals surface area contributed by atoms with Crippen LogP contribution in [0.25, 0.3) is 22.1 Å². The SMILES string of the molecule is C[C@H](NC(=O)c1c(N)nn2cccnc12)c1cc2cccc(C#CC3COC(=O)C3)c2c(=O)n1-c1ccccc1. The van der Waals surface area contributed by atoms with E-state index in [1.165, 1.54) is 4.52 Å². The van der Waals surface area contributed by atoms with Gasteiger partial charge in [0.15, 0.2) is 11.5 Å². The molecule has 10 nitrogen and oxygen atoms in total. The van der Waals surface area contributed by atoms with Gasteiger partial charge in [-0.1, -0.05) is 42.2 Å². The summed E-state index contributed by atoms with van der Waals surface area (Å²) in [7, 11) is 0. The maximum absolute atomic E-state index is 14.1. The Morgan fingerprint density at radius 2 is 1.98 bits per heavy atom. The third kappa shape index (κ3) is 4.43. The lowest BCUT2D eigenvalue weighted by Gasteiger charge is -2.21. The average molecular weight is 533 g/mol. The minimum absolute atomic E-state index is 0.0555. The summed E-state index contributed by atoms with van der Waals surface area (Å²) in [5.41, 5.74) is 8.04. The van der Waals surface area contributed by atoms with Crippen molar-refractivity contribution < 1.29 is 14.3 Å². The van der Waals surface area contributed by atoms with E-state index in [4.69, 9.17) is 10.5 Å². The van der Waals surface area contributed by atoms with E-state index in [0.29, 0.717) is 33.4 Å². The molecule has 1 fully saturated rings. The van der Waals surface area contributed by atoms with Crippen molar-refractivity contribution in [3.8, 4) is 17.5 Å². The Labute approximate surface area is 228 Å². The Bertz CT molecular complexity index is 1920. The quantitative estimate of drug-likeness (QED) is 0.268. The predicted molar refractivity (Wildman–Crippen MR) is 149 cm³/mol. The molecule has 0 spiro atoms. The van der Waals surface area contributed by atoms with Crippen molar-refractivity contribution in [1.82, 2.24) is 24.5 Å². The van der Waals surface area contributed by atoms with E-state index < -0.39 is 11.9 Å². The highest BCUT2D eigenvalue weighted by Gasteiger charge is 2.24. The van der Waals surface area contributed by atoms with Crippen LogP contribution in [0.15, 0.2) is 77.9 Å². The van der Waals surface area contributed by atoms with E-state index in [2.05, 4.69) is 27.2 Å². The third-order valence-electron chi connectivity index (χ3n) is 6.80. The lowest BCUT2D eigenvalue weighted by atomic mass is 10.0. The number of nitrogens with one attached hydrogen (secondary N) is 1. The van der Waals surface area contributed by atoms with Crippen LogP contribution in [-0.4, -0.2) is 37.6 Å². The molecule has 0 saturated carbocycles. The fourth-order valence-electron chi connectivity index (χ4n) is 4.90. The van der Waals surface area contributed by atoms with Crippen LogP contribution in [0.2, 0.25) is 0 Å². The topological polar surface area (TPSA) is 134 Å². The first kappa shape index (κ1) is 24.9. The molecular weight excluding hydrogens is 508 g/mol. The van der Waals surface area contributed by atoms with Gasteiger partial charge >= 0.3 is 5.97 Å². The van der Waals surface area contributed by atoms with Gasteiger partial charge in [0.1, 0.15) is 12.2 Å². The molecule has 1 aliphatic rings. The summed E-state index contributed by atoms with van der Waals surface area (Å²) in [5.74, 6) is 5.29. The van der Waals surface area contributed by atoms with E-state index in [1.807, 2.05) is 48.5 Å². The number of benzene rings is 2. The lowest BCUT2D eigenvalue weighted by molar-refractivity contribution is -0.137. The first-order chi connectivity index (χ1) is 19.4. The summed E-state index contributed by atoms with van der Waals surface area (Å²) in [5, 5.41) is 8.26. The summed E-state index contributed by atoms with van der Waals surface area (Å²) in [6.45, 7) is 2.05. The second kappa shape index (κ2) is 10.0. The van der Waals surface area contributed by atoms with Crippen LogP contribution in [0.4, 0.5) is 5.82 Å². The van der Waals surface area contributed by atoms with Crippen molar-refractivity contribution in [1.29, 1.82) is 0 Å². The van der Waals surface area contributed by atoms with E-state index in [0.717, 1.165) is 0 Å². The number of nitrogen functional groups attached to an aromatic ring is 1. The number of cyclic esters (lactones) is 1. The van der Waals surface area contributed by atoms with Gasteiger partial charge in [0.05, 0.1) is 23.8 Å². The molecule has 5 aromatic rings. The van der Waals surface area contributed by atoms with Gasteiger partial charge in [-0.2, -0.15) is 0 Å². The number of amides is 1. The van der Waals surface area contributed by atoms with Gasteiger partial charge in [-0.3, -0.25) is 19.0 Å². The van der Waals surface area contributed by atoms with E-state index in [9.17, 15) is 14.4 Å². The number of carbonyl (C=O) groups excluding carboxylic acids is 2.